The van der Waals surface area contributed by atoms with E-state index in [0.717, 1.165) is 6.07 Å². The van der Waals surface area contributed by atoms with Crippen molar-refractivity contribution in [1.29, 1.82) is 0 Å². The molecule has 2 heterocycles. The lowest BCUT2D eigenvalue weighted by molar-refractivity contribution is -0.141. The molecule has 0 N–H and O–H groups in total. The number of halogens is 5. The fourth-order valence-electron chi connectivity index (χ4n) is 2.21. The van der Waals surface area contributed by atoms with Gasteiger partial charge in [-0.1, -0.05) is 41.4 Å². The van der Waals surface area contributed by atoms with E-state index < -0.39 is 11.9 Å². The van der Waals surface area contributed by atoms with Gasteiger partial charge in [-0.3, -0.25) is 0 Å². The number of benzene rings is 1. The van der Waals surface area contributed by atoms with Crippen molar-refractivity contribution in [3.63, 3.8) is 0 Å². The molecule has 0 aliphatic carbocycles. The Hall–Kier alpha value is -1.79. The molecule has 8 heteroatoms. The average molecular weight is 346 g/mol. The van der Waals surface area contributed by atoms with Gasteiger partial charge in [-0.15, -0.1) is 0 Å². The quantitative estimate of drug-likeness (QED) is 0.579. The number of fused-ring (bicyclic) bond motifs is 1. The summed E-state index contributed by atoms with van der Waals surface area (Å²) in [5, 5.41) is 4.38. The summed E-state index contributed by atoms with van der Waals surface area (Å²) in [6, 6.07) is 7.56. The number of alkyl halides is 3. The summed E-state index contributed by atoms with van der Waals surface area (Å²) in [4.78, 5) is 3.68. The van der Waals surface area contributed by atoms with E-state index in [2.05, 4.69) is 10.1 Å². The molecule has 1 aromatic carbocycles. The van der Waals surface area contributed by atoms with Crippen LogP contribution < -0.4 is 0 Å². The largest absolute Gasteiger partial charge is 0.433 e. The van der Waals surface area contributed by atoms with Crippen molar-refractivity contribution in [1.82, 2.24) is 14.6 Å². The van der Waals surface area contributed by atoms with E-state index in [4.69, 9.17) is 23.2 Å². The van der Waals surface area contributed by atoms with Crippen LogP contribution in [-0.2, 0) is 6.18 Å². The van der Waals surface area contributed by atoms with Gasteiger partial charge < -0.3 is 0 Å². The molecule has 0 radical (unpaired) electrons. The second-order valence-corrected chi connectivity index (χ2v) is 5.43. The Labute approximate surface area is 133 Å². The monoisotopic (exact) mass is 345 g/mol. The second kappa shape index (κ2) is 5.14. The molecule has 0 fully saturated rings. The molecule has 0 atom stereocenters. The van der Waals surface area contributed by atoms with Crippen molar-refractivity contribution in [2.24, 2.45) is 0 Å². The van der Waals surface area contributed by atoms with Gasteiger partial charge in [0.05, 0.1) is 11.3 Å². The van der Waals surface area contributed by atoms with Gasteiger partial charge in [0.25, 0.3) is 0 Å². The van der Waals surface area contributed by atoms with E-state index >= 15 is 0 Å². The third-order valence-electron chi connectivity index (χ3n) is 3.15. The van der Waals surface area contributed by atoms with Crippen molar-refractivity contribution in [2.75, 3.05) is 0 Å². The lowest BCUT2D eigenvalue weighted by Gasteiger charge is -2.08. The van der Waals surface area contributed by atoms with Crippen LogP contribution in [0.2, 0.25) is 10.2 Å². The van der Waals surface area contributed by atoms with Gasteiger partial charge in [-0.05, 0) is 13.0 Å². The predicted octanol–water partition coefficient (Wildman–Crippen LogP) is 5.03. The molecule has 0 saturated heterocycles. The number of nitrogens with zero attached hydrogens (tertiary/aromatic N) is 3. The van der Waals surface area contributed by atoms with E-state index in [-0.39, 0.29) is 10.8 Å². The van der Waals surface area contributed by atoms with Crippen LogP contribution in [0.4, 0.5) is 13.2 Å². The van der Waals surface area contributed by atoms with Crippen molar-refractivity contribution in [3.05, 3.63) is 51.9 Å². The van der Waals surface area contributed by atoms with Crippen LogP contribution >= 0.6 is 23.2 Å². The molecule has 0 unspecified atom stereocenters. The van der Waals surface area contributed by atoms with Crippen molar-refractivity contribution in [3.8, 4) is 11.1 Å². The first-order valence-corrected chi connectivity index (χ1v) is 6.92. The van der Waals surface area contributed by atoms with Crippen LogP contribution in [0.3, 0.4) is 0 Å². The van der Waals surface area contributed by atoms with Crippen molar-refractivity contribution in [2.45, 2.75) is 13.1 Å². The Kier molecular flexibility index (Phi) is 3.53. The van der Waals surface area contributed by atoms with Crippen LogP contribution in [0.5, 0.6) is 0 Å². The number of rotatable bonds is 1. The maximum Gasteiger partial charge on any atom is 0.433 e. The molecule has 3 nitrogen and oxygen atoms in total. The second-order valence-electron chi connectivity index (χ2n) is 4.64. The van der Waals surface area contributed by atoms with E-state index in [1.807, 2.05) is 0 Å². The summed E-state index contributed by atoms with van der Waals surface area (Å²) in [7, 11) is 0. The minimum atomic E-state index is -4.60. The third-order valence-corrected chi connectivity index (χ3v) is 3.75. The molecule has 0 spiro atoms. The fraction of sp³-hybridized carbons (Fsp3) is 0.143. The number of aryl methyl sites for hydroxylation is 1. The van der Waals surface area contributed by atoms with Crippen molar-refractivity contribution >= 4 is 28.8 Å². The Bertz CT molecular complexity index is 872. The predicted molar refractivity (Wildman–Crippen MR) is 78.2 cm³/mol. The molecular weight excluding hydrogens is 338 g/mol. The molecule has 0 saturated carbocycles. The van der Waals surface area contributed by atoms with E-state index in [1.165, 1.54) is 4.52 Å². The molecule has 0 aliphatic rings. The molecule has 0 amide bonds. The Morgan fingerprint density at radius 1 is 1.14 bits per heavy atom. The van der Waals surface area contributed by atoms with Crippen molar-refractivity contribution < 1.29 is 13.2 Å². The molecule has 0 aliphatic heterocycles. The normalized spacial score (nSPS) is 12.1. The van der Waals surface area contributed by atoms with Gasteiger partial charge in [0.1, 0.15) is 10.8 Å². The number of hydrogen-bond donors (Lipinski definition) is 0. The van der Waals surface area contributed by atoms with Gasteiger partial charge in [-0.25, -0.2) is 9.50 Å². The molecular formula is C14H8Cl2F3N3. The Balaban J connectivity index is 2.38. The summed E-state index contributed by atoms with van der Waals surface area (Å²) in [5.41, 5.74) is 0.420. The summed E-state index contributed by atoms with van der Waals surface area (Å²) < 4.78 is 40.0. The minimum absolute atomic E-state index is 0.0189. The standard InChI is InChI=1S/C14H8Cl2F3N3/c1-7-12(8-4-2-3-5-9(8)15)13-20-10(14(17,18)19)6-11(16)22(13)21-7/h2-6H,1H3. The summed E-state index contributed by atoms with van der Waals surface area (Å²) >= 11 is 12.0. The lowest BCUT2D eigenvalue weighted by atomic mass is 10.1. The van der Waals surface area contributed by atoms with Gasteiger partial charge in [0.15, 0.2) is 5.65 Å². The highest BCUT2D eigenvalue weighted by Crippen LogP contribution is 2.36. The summed E-state index contributed by atoms with van der Waals surface area (Å²) in [5.74, 6) is 0. The van der Waals surface area contributed by atoms with Crippen LogP contribution in [0.1, 0.15) is 11.4 Å². The van der Waals surface area contributed by atoms with E-state index in [9.17, 15) is 13.2 Å². The van der Waals surface area contributed by atoms with E-state index in [1.54, 1.807) is 31.2 Å². The first kappa shape index (κ1) is 15.1. The smallest absolute Gasteiger partial charge is 0.223 e. The molecule has 3 aromatic rings. The Morgan fingerprint density at radius 2 is 1.82 bits per heavy atom. The molecule has 3 rings (SSSR count). The van der Waals surface area contributed by atoms with Crippen LogP contribution in [0, 0.1) is 6.92 Å². The first-order valence-electron chi connectivity index (χ1n) is 6.17. The topological polar surface area (TPSA) is 30.2 Å². The average Bonchev–Trinajstić information content (AvgIpc) is 2.75. The zero-order chi connectivity index (χ0) is 16.1. The highest BCUT2D eigenvalue weighted by atomic mass is 35.5. The van der Waals surface area contributed by atoms with Gasteiger partial charge in [-0.2, -0.15) is 18.3 Å². The highest BCUT2D eigenvalue weighted by Gasteiger charge is 2.34. The van der Waals surface area contributed by atoms with Crippen LogP contribution in [-0.4, -0.2) is 14.6 Å². The fourth-order valence-corrected chi connectivity index (χ4v) is 2.66. The minimum Gasteiger partial charge on any atom is -0.223 e. The molecule has 114 valence electrons. The summed E-state index contributed by atoms with van der Waals surface area (Å²) in [6.07, 6.45) is -4.60. The molecule has 22 heavy (non-hydrogen) atoms. The first-order chi connectivity index (χ1) is 10.3. The summed E-state index contributed by atoms with van der Waals surface area (Å²) in [6.45, 7) is 1.66. The Morgan fingerprint density at radius 3 is 2.45 bits per heavy atom. The molecule has 2 aromatic heterocycles. The third kappa shape index (κ3) is 2.42. The maximum atomic E-state index is 12.9. The maximum absolute atomic E-state index is 12.9. The SMILES string of the molecule is Cc1nn2c(Cl)cc(C(F)(F)F)nc2c1-c1ccccc1Cl. The highest BCUT2D eigenvalue weighted by molar-refractivity contribution is 6.33. The van der Waals surface area contributed by atoms with Gasteiger partial charge in [0.2, 0.25) is 0 Å². The van der Waals surface area contributed by atoms with Gasteiger partial charge in [0, 0.05) is 16.7 Å². The van der Waals surface area contributed by atoms with Gasteiger partial charge >= 0.3 is 6.18 Å². The zero-order valence-electron chi connectivity index (χ0n) is 11.1. The zero-order valence-corrected chi connectivity index (χ0v) is 12.6. The van der Waals surface area contributed by atoms with Crippen LogP contribution in [0.25, 0.3) is 16.8 Å². The number of aromatic nitrogens is 3. The van der Waals surface area contributed by atoms with E-state index in [0.29, 0.717) is 21.8 Å². The molecule has 0 bridgehead atoms. The lowest BCUT2D eigenvalue weighted by Crippen LogP contribution is -2.10. The van der Waals surface area contributed by atoms with Crippen LogP contribution in [0.15, 0.2) is 30.3 Å². The number of hydrogen-bond acceptors (Lipinski definition) is 2.